The number of anilines is 2. The summed E-state index contributed by atoms with van der Waals surface area (Å²) in [6, 6.07) is 11.8. The molecule has 26 heavy (non-hydrogen) atoms. The topological polar surface area (TPSA) is 71.9 Å². The van der Waals surface area contributed by atoms with Crippen LogP contribution >= 0.6 is 23.2 Å². The van der Waals surface area contributed by atoms with Crippen LogP contribution in [-0.4, -0.2) is 39.1 Å². The van der Waals surface area contributed by atoms with Crippen molar-refractivity contribution < 1.29 is 19.2 Å². The molecular formula is C18H20Cl2N3O3+. The minimum Gasteiger partial charge on any atom is -0.495 e. The van der Waals surface area contributed by atoms with E-state index >= 15 is 0 Å². The molecule has 138 valence electrons. The van der Waals surface area contributed by atoms with Crippen LogP contribution in [0.25, 0.3) is 0 Å². The quantitative estimate of drug-likeness (QED) is 0.670. The third kappa shape index (κ3) is 6.22. The average molecular weight is 397 g/mol. The molecule has 0 bridgehead atoms. The largest absolute Gasteiger partial charge is 0.495 e. The Hall–Kier alpha value is -2.28. The van der Waals surface area contributed by atoms with Crippen LogP contribution in [0, 0.1) is 0 Å². The van der Waals surface area contributed by atoms with Gasteiger partial charge in [-0.25, -0.2) is 0 Å². The molecule has 8 heteroatoms. The van der Waals surface area contributed by atoms with Gasteiger partial charge in [-0.05, 0) is 42.5 Å². The number of halogens is 2. The molecule has 0 aliphatic carbocycles. The predicted octanol–water partition coefficient (Wildman–Crippen LogP) is 2.09. The first-order valence-corrected chi connectivity index (χ1v) is 8.63. The first-order valence-electron chi connectivity index (χ1n) is 7.87. The molecule has 0 aliphatic rings. The molecule has 2 rings (SSSR count). The molecule has 0 saturated heterocycles. The molecule has 3 N–H and O–H groups in total. The Bertz CT molecular complexity index is 782. The molecule has 6 nitrogen and oxygen atoms in total. The van der Waals surface area contributed by atoms with E-state index in [-0.39, 0.29) is 24.9 Å². The Balaban J connectivity index is 1.81. The van der Waals surface area contributed by atoms with E-state index in [1.54, 1.807) is 49.5 Å². The summed E-state index contributed by atoms with van der Waals surface area (Å²) < 4.78 is 5.07. The summed E-state index contributed by atoms with van der Waals surface area (Å²) in [5.74, 6) is 0.124. The van der Waals surface area contributed by atoms with Crippen molar-refractivity contribution in [1.29, 1.82) is 0 Å². The van der Waals surface area contributed by atoms with E-state index in [4.69, 9.17) is 27.9 Å². The Morgan fingerprint density at radius 1 is 0.962 bits per heavy atom. The second-order valence-corrected chi connectivity index (χ2v) is 6.61. The standard InChI is InChI=1S/C18H19Cl2N3O3/c1-23(10-17(24)21-13-5-3-12(19)4-6-13)11-18(25)22-14-7-8-16(26-2)15(20)9-14/h3-9H,10-11H2,1-2H3,(H,21,24)(H,22,25)/p+1. The normalized spacial score (nSPS) is 11.5. The van der Waals surface area contributed by atoms with Gasteiger partial charge in [-0.2, -0.15) is 0 Å². The number of likely N-dealkylation sites (N-methyl/N-ethyl adjacent to an activating group) is 1. The van der Waals surface area contributed by atoms with E-state index in [9.17, 15) is 9.59 Å². The summed E-state index contributed by atoms with van der Waals surface area (Å²) in [4.78, 5) is 24.9. The highest BCUT2D eigenvalue weighted by Gasteiger charge is 2.15. The summed E-state index contributed by atoms with van der Waals surface area (Å²) in [5, 5.41) is 6.52. The molecule has 2 aromatic rings. The first-order chi connectivity index (χ1) is 12.4. The summed E-state index contributed by atoms with van der Waals surface area (Å²) in [6.07, 6.45) is 0. The molecule has 2 amide bonds. The zero-order valence-corrected chi connectivity index (χ0v) is 15.9. The monoisotopic (exact) mass is 396 g/mol. The third-order valence-corrected chi connectivity index (χ3v) is 4.04. The smallest absolute Gasteiger partial charge is 0.279 e. The van der Waals surface area contributed by atoms with Crippen molar-refractivity contribution in [3.8, 4) is 5.75 Å². The molecular weight excluding hydrogens is 377 g/mol. The Labute approximate surface area is 162 Å². The maximum atomic E-state index is 12.1. The van der Waals surface area contributed by atoms with E-state index in [1.165, 1.54) is 7.11 Å². The Morgan fingerprint density at radius 2 is 1.50 bits per heavy atom. The molecule has 2 aromatic carbocycles. The van der Waals surface area contributed by atoms with Gasteiger partial charge in [0.1, 0.15) is 5.75 Å². The highest BCUT2D eigenvalue weighted by Crippen LogP contribution is 2.27. The second-order valence-electron chi connectivity index (χ2n) is 5.76. The van der Waals surface area contributed by atoms with E-state index in [2.05, 4.69) is 10.6 Å². The van der Waals surface area contributed by atoms with Crippen molar-refractivity contribution >= 4 is 46.4 Å². The van der Waals surface area contributed by atoms with Crippen LogP contribution in [0.1, 0.15) is 0 Å². The Kier molecular flexibility index (Phi) is 7.26. The molecule has 1 unspecified atom stereocenters. The molecule has 0 aromatic heterocycles. The van der Waals surface area contributed by atoms with Gasteiger partial charge in [0, 0.05) is 16.4 Å². The maximum absolute atomic E-state index is 12.1. The van der Waals surface area contributed by atoms with Gasteiger partial charge in [-0.15, -0.1) is 0 Å². The predicted molar refractivity (Wildman–Crippen MR) is 103 cm³/mol. The third-order valence-electron chi connectivity index (χ3n) is 3.49. The number of carbonyl (C=O) groups excluding carboxylic acids is 2. The fourth-order valence-electron chi connectivity index (χ4n) is 2.30. The van der Waals surface area contributed by atoms with Crippen LogP contribution in [0.2, 0.25) is 10.0 Å². The lowest BCUT2D eigenvalue weighted by Gasteiger charge is -2.14. The molecule has 0 saturated carbocycles. The summed E-state index contributed by atoms with van der Waals surface area (Å²) >= 11 is 11.8. The summed E-state index contributed by atoms with van der Waals surface area (Å²) in [5.41, 5.74) is 1.23. The lowest BCUT2D eigenvalue weighted by molar-refractivity contribution is -0.862. The number of carbonyl (C=O) groups is 2. The molecule has 0 radical (unpaired) electrons. The van der Waals surface area contributed by atoms with Gasteiger partial charge in [0.15, 0.2) is 13.1 Å². The van der Waals surface area contributed by atoms with Crippen LogP contribution in [0.4, 0.5) is 11.4 Å². The van der Waals surface area contributed by atoms with Crippen LogP contribution in [0.3, 0.4) is 0 Å². The second kappa shape index (κ2) is 9.43. The fraction of sp³-hybridized carbons (Fsp3) is 0.222. The van der Waals surface area contributed by atoms with Crippen molar-refractivity contribution in [2.75, 3.05) is 37.9 Å². The molecule has 1 atom stereocenters. The van der Waals surface area contributed by atoms with Crippen LogP contribution in [-0.2, 0) is 9.59 Å². The number of amides is 2. The van der Waals surface area contributed by atoms with Crippen molar-refractivity contribution in [2.24, 2.45) is 0 Å². The number of quaternary nitrogens is 1. The average Bonchev–Trinajstić information content (AvgIpc) is 2.56. The number of ether oxygens (including phenoxy) is 1. The van der Waals surface area contributed by atoms with Gasteiger partial charge in [0.2, 0.25) is 0 Å². The van der Waals surface area contributed by atoms with Crippen LogP contribution < -0.4 is 20.3 Å². The van der Waals surface area contributed by atoms with Crippen molar-refractivity contribution in [3.63, 3.8) is 0 Å². The molecule has 0 heterocycles. The number of rotatable bonds is 7. The van der Waals surface area contributed by atoms with Crippen molar-refractivity contribution in [1.82, 2.24) is 0 Å². The van der Waals surface area contributed by atoms with Gasteiger partial charge < -0.3 is 20.3 Å². The molecule has 0 aliphatic heterocycles. The summed E-state index contributed by atoms with van der Waals surface area (Å²) in [6.45, 7) is 0.289. The van der Waals surface area contributed by atoms with Gasteiger partial charge in [0.05, 0.1) is 19.2 Å². The van der Waals surface area contributed by atoms with Gasteiger partial charge in [-0.3, -0.25) is 9.59 Å². The molecule has 0 fully saturated rings. The van der Waals surface area contributed by atoms with Gasteiger partial charge in [0.25, 0.3) is 11.8 Å². The minimum absolute atomic E-state index is 0.137. The zero-order valence-electron chi connectivity index (χ0n) is 14.4. The van der Waals surface area contributed by atoms with Crippen LogP contribution in [0.5, 0.6) is 5.75 Å². The van der Waals surface area contributed by atoms with Gasteiger partial charge in [-0.1, -0.05) is 23.2 Å². The number of benzene rings is 2. The van der Waals surface area contributed by atoms with Gasteiger partial charge >= 0.3 is 0 Å². The lowest BCUT2D eigenvalue weighted by atomic mass is 10.3. The number of hydrogen-bond acceptors (Lipinski definition) is 3. The SMILES string of the molecule is COc1ccc(NC(=O)C[NH+](C)CC(=O)Nc2ccc(Cl)cc2)cc1Cl. The van der Waals surface area contributed by atoms with Crippen LogP contribution in [0.15, 0.2) is 42.5 Å². The maximum Gasteiger partial charge on any atom is 0.279 e. The van der Waals surface area contributed by atoms with Crippen molar-refractivity contribution in [3.05, 3.63) is 52.5 Å². The van der Waals surface area contributed by atoms with E-state index in [0.29, 0.717) is 27.2 Å². The zero-order chi connectivity index (χ0) is 19.1. The lowest BCUT2D eigenvalue weighted by Crippen LogP contribution is -3.11. The fourth-order valence-corrected chi connectivity index (χ4v) is 2.68. The van der Waals surface area contributed by atoms with E-state index < -0.39 is 0 Å². The number of hydrogen-bond donors (Lipinski definition) is 3. The number of methoxy groups -OCH3 is 1. The van der Waals surface area contributed by atoms with E-state index in [0.717, 1.165) is 4.90 Å². The highest BCUT2D eigenvalue weighted by molar-refractivity contribution is 6.32. The molecule has 0 spiro atoms. The van der Waals surface area contributed by atoms with E-state index in [1.807, 2.05) is 0 Å². The number of nitrogens with one attached hydrogen (secondary N) is 3. The Morgan fingerprint density at radius 3 is 2.04 bits per heavy atom. The summed E-state index contributed by atoms with van der Waals surface area (Å²) in [7, 11) is 3.29. The first kappa shape index (κ1) is 20.0. The van der Waals surface area contributed by atoms with Crippen molar-refractivity contribution in [2.45, 2.75) is 0 Å². The minimum atomic E-state index is -0.219. The highest BCUT2D eigenvalue weighted by atomic mass is 35.5.